The first-order valence-corrected chi connectivity index (χ1v) is 17.2. The van der Waals surface area contributed by atoms with E-state index in [1.807, 2.05) is 27.8 Å². The summed E-state index contributed by atoms with van der Waals surface area (Å²) in [5, 5.41) is 13.7. The lowest BCUT2D eigenvalue weighted by atomic mass is 9.47. The molecular weight excluding hydrogens is 518 g/mol. The van der Waals surface area contributed by atoms with Crippen molar-refractivity contribution in [3.63, 3.8) is 0 Å². The Kier molecular flexibility index (Phi) is 12.9. The van der Waals surface area contributed by atoms with Gasteiger partial charge in [-0.3, -0.25) is 4.79 Å². The van der Waals surface area contributed by atoms with Crippen molar-refractivity contribution in [2.45, 2.75) is 131 Å². The molecule has 3 saturated carbocycles. The molecule has 1 amide bonds. The molecule has 5 nitrogen and oxygen atoms in total. The van der Waals surface area contributed by atoms with Gasteiger partial charge in [-0.25, -0.2) is 4.84 Å². The van der Waals surface area contributed by atoms with Gasteiger partial charge in [0.25, 0.3) is 0 Å². The molecule has 0 aromatic carbocycles. The van der Waals surface area contributed by atoms with Gasteiger partial charge in [0.1, 0.15) is 0 Å². The fraction of sp³-hybridized carbons (Fsp3) is 0.912. The second kappa shape index (κ2) is 15.2. The molecule has 8 atom stereocenters. The van der Waals surface area contributed by atoms with Crippen molar-refractivity contribution in [1.29, 1.82) is 0 Å². The Morgan fingerprint density at radius 3 is 2.45 bits per heavy atom. The molecule has 6 heteroatoms. The van der Waals surface area contributed by atoms with Crippen LogP contribution in [0.4, 0.5) is 0 Å². The second-order valence-electron chi connectivity index (χ2n) is 13.9. The number of fused-ring (bicyclic) bond motifs is 5. The van der Waals surface area contributed by atoms with Gasteiger partial charge in [0.05, 0.1) is 6.10 Å². The number of aliphatic hydroxyl groups is 1. The minimum absolute atomic E-state index is 0.113. The van der Waals surface area contributed by atoms with E-state index < -0.39 is 0 Å². The maximum absolute atomic E-state index is 13.0. The van der Waals surface area contributed by atoms with Crippen LogP contribution in [0, 0.1) is 40.4 Å². The zero-order valence-electron chi connectivity index (χ0n) is 26.9. The van der Waals surface area contributed by atoms with Crippen molar-refractivity contribution >= 4 is 17.7 Å². The molecule has 0 aromatic heterocycles. The highest BCUT2D eigenvalue weighted by atomic mass is 35.5. The van der Waals surface area contributed by atoms with Crippen LogP contribution >= 0.6 is 11.8 Å². The third-order valence-electron chi connectivity index (χ3n) is 12.0. The molecule has 7 unspecified atom stereocenters. The molecular formula is C34H62ClN3O2. The Morgan fingerprint density at radius 2 is 1.80 bits per heavy atom. The zero-order valence-corrected chi connectivity index (χ0v) is 27.7. The number of nitrogens with one attached hydrogen (secondary N) is 2. The number of piperidine rings is 1. The SMILES string of the molecule is CC.CCNCl.C[C@H](CCC(=O)N(C)C1CCNCC1)C1CCC2C3CC=C4CC(O)CCC4(C)C3CCC21C. The number of amides is 1. The van der Waals surface area contributed by atoms with E-state index in [-0.39, 0.29) is 6.10 Å². The molecule has 1 heterocycles. The van der Waals surface area contributed by atoms with Gasteiger partial charge in [-0.2, -0.15) is 0 Å². The summed E-state index contributed by atoms with van der Waals surface area (Å²) in [5.41, 5.74) is 2.36. The van der Waals surface area contributed by atoms with Crippen LogP contribution in [-0.2, 0) is 4.79 Å². The highest BCUT2D eigenvalue weighted by Gasteiger charge is 2.59. The number of carbonyl (C=O) groups is 1. The number of hydrogen-bond acceptors (Lipinski definition) is 4. The van der Waals surface area contributed by atoms with Crippen molar-refractivity contribution in [1.82, 2.24) is 15.1 Å². The molecule has 5 rings (SSSR count). The molecule has 40 heavy (non-hydrogen) atoms. The van der Waals surface area contributed by atoms with E-state index in [4.69, 9.17) is 11.8 Å². The summed E-state index contributed by atoms with van der Waals surface area (Å²) in [6.07, 6.45) is 16.2. The Balaban J connectivity index is 0.000000677. The third kappa shape index (κ3) is 7.12. The van der Waals surface area contributed by atoms with Crippen molar-refractivity contribution < 1.29 is 9.90 Å². The van der Waals surface area contributed by atoms with Crippen LogP contribution in [0.1, 0.15) is 119 Å². The molecule has 0 spiro atoms. The Morgan fingerprint density at radius 1 is 1.12 bits per heavy atom. The topological polar surface area (TPSA) is 64.6 Å². The molecule has 232 valence electrons. The number of aliphatic hydroxyl groups excluding tert-OH is 1. The van der Waals surface area contributed by atoms with Gasteiger partial charge in [-0.1, -0.05) is 53.2 Å². The maximum Gasteiger partial charge on any atom is 0.222 e. The van der Waals surface area contributed by atoms with Crippen LogP contribution in [0.2, 0.25) is 0 Å². The van der Waals surface area contributed by atoms with Crippen LogP contribution in [-0.4, -0.2) is 54.7 Å². The number of allylic oxidation sites excluding steroid dienone is 1. The lowest BCUT2D eigenvalue weighted by Gasteiger charge is -2.58. The van der Waals surface area contributed by atoms with Crippen molar-refractivity contribution in [2.24, 2.45) is 40.4 Å². The molecule has 4 aliphatic carbocycles. The molecule has 1 aliphatic heterocycles. The summed E-state index contributed by atoms with van der Waals surface area (Å²) in [4.78, 5) is 17.4. The summed E-state index contributed by atoms with van der Waals surface area (Å²) in [7, 11) is 2.03. The Labute approximate surface area is 251 Å². The van der Waals surface area contributed by atoms with E-state index in [0.717, 1.165) is 81.8 Å². The van der Waals surface area contributed by atoms with E-state index >= 15 is 0 Å². The van der Waals surface area contributed by atoms with Crippen LogP contribution < -0.4 is 10.2 Å². The lowest BCUT2D eigenvalue weighted by Crippen LogP contribution is -2.50. The highest BCUT2D eigenvalue weighted by molar-refractivity contribution is 6.13. The number of carbonyl (C=O) groups excluding carboxylic acids is 1. The molecule has 3 N–H and O–H groups in total. The summed E-state index contributed by atoms with van der Waals surface area (Å²) in [6.45, 7) is 16.5. The van der Waals surface area contributed by atoms with Gasteiger partial charge in [-0.15, -0.1) is 0 Å². The highest BCUT2D eigenvalue weighted by Crippen LogP contribution is 2.67. The molecule has 1 saturated heterocycles. The standard InChI is InChI=1S/C30H50N2O2.C2H6ClN.C2H6/c1-20(5-10-28(34)32(4)22-13-17-31-18-14-22)25-8-9-26-24-7-6-21-19-23(33)11-15-29(21,2)27(24)12-16-30(25,26)3;1-2-4-3;1-2/h6,20,22-27,31,33H,5,7-19H2,1-4H3;4H,2H2,1H3;1-2H3/t20-,23?,24?,25?,26?,27?,29?,30?;;/m1../s1. The van der Waals surface area contributed by atoms with Crippen LogP contribution in [0.15, 0.2) is 11.6 Å². The Bertz CT molecular complexity index is 828. The van der Waals surface area contributed by atoms with E-state index in [2.05, 4.69) is 41.9 Å². The van der Waals surface area contributed by atoms with Crippen LogP contribution in [0.25, 0.3) is 0 Å². The zero-order chi connectivity index (χ0) is 29.5. The minimum Gasteiger partial charge on any atom is -0.393 e. The van der Waals surface area contributed by atoms with Crippen LogP contribution in [0.3, 0.4) is 0 Å². The fourth-order valence-corrected chi connectivity index (χ4v) is 9.74. The first kappa shape index (κ1) is 33.9. The predicted octanol–water partition coefficient (Wildman–Crippen LogP) is 7.33. The van der Waals surface area contributed by atoms with E-state index in [9.17, 15) is 9.90 Å². The lowest BCUT2D eigenvalue weighted by molar-refractivity contribution is -0.133. The van der Waals surface area contributed by atoms with E-state index in [1.54, 1.807) is 5.57 Å². The van der Waals surface area contributed by atoms with E-state index in [1.165, 1.54) is 38.5 Å². The van der Waals surface area contributed by atoms with Crippen LogP contribution in [0.5, 0.6) is 0 Å². The smallest absolute Gasteiger partial charge is 0.222 e. The average molecular weight is 580 g/mol. The number of halogens is 1. The predicted molar refractivity (Wildman–Crippen MR) is 169 cm³/mol. The first-order chi connectivity index (χ1) is 19.2. The maximum atomic E-state index is 13.0. The normalized spacial score (nSPS) is 37.7. The largest absolute Gasteiger partial charge is 0.393 e. The third-order valence-corrected chi connectivity index (χ3v) is 12.3. The summed E-state index contributed by atoms with van der Waals surface area (Å²) in [6, 6.07) is 0.430. The average Bonchev–Trinajstić information content (AvgIpc) is 3.34. The van der Waals surface area contributed by atoms with Gasteiger partial charge < -0.3 is 15.3 Å². The van der Waals surface area contributed by atoms with Crippen molar-refractivity contribution in [3.8, 4) is 0 Å². The quantitative estimate of drug-likeness (QED) is 0.228. The summed E-state index contributed by atoms with van der Waals surface area (Å²) < 4.78 is 0. The number of rotatable bonds is 6. The first-order valence-electron chi connectivity index (χ1n) is 16.8. The number of hydrogen-bond donors (Lipinski definition) is 3. The molecule has 4 fully saturated rings. The molecule has 0 bridgehead atoms. The Hall–Kier alpha value is -0.620. The van der Waals surface area contributed by atoms with Crippen molar-refractivity contribution in [2.75, 3.05) is 26.7 Å². The molecule has 0 aromatic rings. The van der Waals surface area contributed by atoms with Gasteiger partial charge in [0.15, 0.2) is 0 Å². The minimum atomic E-state index is -0.113. The molecule has 0 radical (unpaired) electrons. The van der Waals surface area contributed by atoms with Crippen molar-refractivity contribution in [3.05, 3.63) is 11.6 Å². The fourth-order valence-electron chi connectivity index (χ4n) is 9.74. The summed E-state index contributed by atoms with van der Waals surface area (Å²) in [5.74, 6) is 4.24. The van der Waals surface area contributed by atoms with Gasteiger partial charge in [-0.05, 0) is 136 Å². The van der Waals surface area contributed by atoms with Gasteiger partial charge >= 0.3 is 0 Å². The monoisotopic (exact) mass is 579 g/mol. The second-order valence-corrected chi connectivity index (χ2v) is 14.1. The molecule has 5 aliphatic rings. The summed E-state index contributed by atoms with van der Waals surface area (Å²) >= 11 is 4.94. The number of nitrogens with zero attached hydrogens (tertiary/aromatic N) is 1. The van der Waals surface area contributed by atoms with Gasteiger partial charge in [0.2, 0.25) is 5.91 Å². The van der Waals surface area contributed by atoms with Gasteiger partial charge in [0, 0.05) is 26.1 Å². The van der Waals surface area contributed by atoms with E-state index in [0.29, 0.717) is 28.7 Å².